The highest BCUT2D eigenvalue weighted by atomic mass is 16.5. The van der Waals surface area contributed by atoms with Crippen LogP contribution in [-0.4, -0.2) is 25.9 Å². The Morgan fingerprint density at radius 1 is 1.44 bits per heavy atom. The third-order valence-corrected chi connectivity index (χ3v) is 3.35. The number of nitrogens with two attached hydrogens (primary N) is 1. The number of benzene rings is 1. The first-order valence-electron chi connectivity index (χ1n) is 5.84. The number of ether oxygens (including phenoxy) is 1. The van der Waals surface area contributed by atoms with Crippen molar-refractivity contribution < 1.29 is 9.26 Å². The molecule has 1 aliphatic rings. The summed E-state index contributed by atoms with van der Waals surface area (Å²) in [6, 6.07) is 5.80. The predicted molar refractivity (Wildman–Crippen MR) is 69.9 cm³/mol. The van der Waals surface area contributed by atoms with Crippen LogP contribution in [0.4, 0.5) is 11.6 Å². The van der Waals surface area contributed by atoms with Gasteiger partial charge in [0.05, 0.1) is 7.11 Å². The van der Waals surface area contributed by atoms with E-state index in [1.807, 2.05) is 6.07 Å². The van der Waals surface area contributed by atoms with Crippen molar-refractivity contribution in [1.82, 2.24) is 5.16 Å². The highest BCUT2D eigenvalue weighted by Crippen LogP contribution is 2.41. The maximum atomic E-state index is 5.56. The molecule has 0 fully saturated rings. The van der Waals surface area contributed by atoms with E-state index < -0.39 is 0 Å². The van der Waals surface area contributed by atoms with Crippen LogP contribution in [0, 0.1) is 0 Å². The molecule has 0 saturated carbocycles. The zero-order valence-electron chi connectivity index (χ0n) is 10.4. The molecule has 3 rings (SSSR count). The van der Waals surface area contributed by atoms with Crippen molar-refractivity contribution in [2.75, 3.05) is 31.3 Å². The number of fused-ring (bicyclic) bond motifs is 1. The second-order valence-corrected chi connectivity index (χ2v) is 4.43. The first-order valence-corrected chi connectivity index (χ1v) is 5.84. The quantitative estimate of drug-likeness (QED) is 0.875. The Balaban J connectivity index is 2.17. The first kappa shape index (κ1) is 11.0. The Hall–Kier alpha value is -2.17. The fourth-order valence-corrected chi connectivity index (χ4v) is 2.47. The van der Waals surface area contributed by atoms with E-state index in [1.165, 1.54) is 11.3 Å². The molecule has 0 aliphatic carbocycles. The zero-order chi connectivity index (χ0) is 12.7. The molecule has 1 aromatic heterocycles. The Morgan fingerprint density at radius 3 is 2.94 bits per heavy atom. The molecule has 0 atom stereocenters. The van der Waals surface area contributed by atoms with Gasteiger partial charge in [-0.3, -0.25) is 0 Å². The van der Waals surface area contributed by atoms with E-state index in [2.05, 4.69) is 23.2 Å². The van der Waals surface area contributed by atoms with Gasteiger partial charge in [0.2, 0.25) is 5.88 Å². The molecule has 0 radical (unpaired) electrons. The molecule has 94 valence electrons. The topological polar surface area (TPSA) is 64.5 Å². The van der Waals surface area contributed by atoms with Crippen molar-refractivity contribution >= 4 is 11.6 Å². The standard InChI is InChI=1S/C13H15N3O2/c1-16-6-5-9-11(16)4-3-8(13(9)17-2)10-7-12(14)18-15-10/h3-4,7H,5-6,14H2,1-2H3. The number of nitrogen functional groups attached to an aromatic ring is 1. The van der Waals surface area contributed by atoms with E-state index in [-0.39, 0.29) is 0 Å². The third-order valence-electron chi connectivity index (χ3n) is 3.35. The van der Waals surface area contributed by atoms with Gasteiger partial charge in [-0.15, -0.1) is 0 Å². The molecule has 0 bridgehead atoms. The minimum atomic E-state index is 0.310. The summed E-state index contributed by atoms with van der Waals surface area (Å²) in [6.45, 7) is 1.01. The van der Waals surface area contributed by atoms with Crippen molar-refractivity contribution in [2.45, 2.75) is 6.42 Å². The summed E-state index contributed by atoms with van der Waals surface area (Å²) in [5.74, 6) is 1.18. The molecule has 2 heterocycles. The minimum absolute atomic E-state index is 0.310. The molecule has 2 N–H and O–H groups in total. The number of nitrogens with zero attached hydrogens (tertiary/aromatic N) is 2. The fraction of sp³-hybridized carbons (Fsp3) is 0.308. The fourth-order valence-electron chi connectivity index (χ4n) is 2.47. The molecule has 5 nitrogen and oxygen atoms in total. The van der Waals surface area contributed by atoms with Crippen LogP contribution in [0.2, 0.25) is 0 Å². The number of aromatic nitrogens is 1. The zero-order valence-corrected chi connectivity index (χ0v) is 10.4. The largest absolute Gasteiger partial charge is 0.496 e. The van der Waals surface area contributed by atoms with Crippen LogP contribution in [0.25, 0.3) is 11.3 Å². The molecule has 1 aliphatic heterocycles. The van der Waals surface area contributed by atoms with E-state index in [0.29, 0.717) is 11.6 Å². The molecule has 0 unspecified atom stereocenters. The van der Waals surface area contributed by atoms with Crippen LogP contribution in [0.1, 0.15) is 5.56 Å². The van der Waals surface area contributed by atoms with E-state index in [1.54, 1.807) is 13.2 Å². The Bertz CT molecular complexity index is 592. The second kappa shape index (κ2) is 3.94. The SMILES string of the molecule is COc1c(-c2cc(N)on2)ccc2c1CCN2C. The van der Waals surface area contributed by atoms with E-state index >= 15 is 0 Å². The summed E-state index contributed by atoms with van der Waals surface area (Å²) in [4.78, 5) is 2.22. The minimum Gasteiger partial charge on any atom is -0.496 e. The van der Waals surface area contributed by atoms with E-state index in [4.69, 9.17) is 15.0 Å². The lowest BCUT2D eigenvalue weighted by Crippen LogP contribution is -2.12. The van der Waals surface area contributed by atoms with Gasteiger partial charge >= 0.3 is 0 Å². The Kier molecular flexibility index (Phi) is 2.40. The monoisotopic (exact) mass is 245 g/mol. The molecule has 0 amide bonds. The molecule has 1 aromatic carbocycles. The molecular formula is C13H15N3O2. The van der Waals surface area contributed by atoms with E-state index in [9.17, 15) is 0 Å². The van der Waals surface area contributed by atoms with Gasteiger partial charge in [-0.2, -0.15) is 0 Å². The smallest absolute Gasteiger partial charge is 0.222 e. The number of methoxy groups -OCH3 is 1. The highest BCUT2D eigenvalue weighted by molar-refractivity contribution is 5.77. The highest BCUT2D eigenvalue weighted by Gasteiger charge is 2.23. The third kappa shape index (κ3) is 1.51. The molecule has 0 spiro atoms. The molecular weight excluding hydrogens is 230 g/mol. The number of likely N-dealkylation sites (N-methyl/N-ethyl adjacent to an activating group) is 1. The Morgan fingerprint density at radius 2 is 2.28 bits per heavy atom. The first-order chi connectivity index (χ1) is 8.70. The van der Waals surface area contributed by atoms with Crippen LogP contribution in [0.5, 0.6) is 5.75 Å². The van der Waals surface area contributed by atoms with Crippen molar-refractivity contribution in [3.05, 3.63) is 23.8 Å². The normalized spacial score (nSPS) is 13.8. The summed E-state index contributed by atoms with van der Waals surface area (Å²) < 4.78 is 10.5. The van der Waals surface area contributed by atoms with Gasteiger partial charge < -0.3 is 19.9 Å². The van der Waals surface area contributed by atoms with Gasteiger partial charge in [0, 0.05) is 36.5 Å². The van der Waals surface area contributed by atoms with Crippen molar-refractivity contribution in [1.29, 1.82) is 0 Å². The lowest BCUT2D eigenvalue weighted by atomic mass is 10.0. The molecule has 2 aromatic rings. The predicted octanol–water partition coefficient (Wildman–Crippen LogP) is 1.92. The maximum Gasteiger partial charge on any atom is 0.222 e. The van der Waals surface area contributed by atoms with Crippen LogP contribution in [0.3, 0.4) is 0 Å². The molecule has 0 saturated heterocycles. The average molecular weight is 245 g/mol. The van der Waals surface area contributed by atoms with Gasteiger partial charge in [-0.05, 0) is 18.6 Å². The second-order valence-electron chi connectivity index (χ2n) is 4.43. The average Bonchev–Trinajstić information content (AvgIpc) is 2.95. The van der Waals surface area contributed by atoms with Gasteiger partial charge in [-0.1, -0.05) is 5.16 Å². The van der Waals surface area contributed by atoms with Crippen LogP contribution < -0.4 is 15.4 Å². The number of rotatable bonds is 2. The lowest BCUT2D eigenvalue weighted by Gasteiger charge is -2.14. The van der Waals surface area contributed by atoms with Crippen LogP contribution >= 0.6 is 0 Å². The summed E-state index contributed by atoms with van der Waals surface area (Å²) in [7, 11) is 3.76. The molecule has 18 heavy (non-hydrogen) atoms. The summed E-state index contributed by atoms with van der Waals surface area (Å²) in [5.41, 5.74) is 9.63. The van der Waals surface area contributed by atoms with Gasteiger partial charge in [0.15, 0.2) is 0 Å². The number of anilines is 2. The van der Waals surface area contributed by atoms with Crippen LogP contribution in [-0.2, 0) is 6.42 Å². The summed E-state index contributed by atoms with van der Waals surface area (Å²) >= 11 is 0. The lowest BCUT2D eigenvalue weighted by molar-refractivity contribution is 0.410. The van der Waals surface area contributed by atoms with E-state index in [0.717, 1.165) is 24.3 Å². The maximum absolute atomic E-state index is 5.56. The van der Waals surface area contributed by atoms with Crippen molar-refractivity contribution in [3.8, 4) is 17.0 Å². The van der Waals surface area contributed by atoms with Gasteiger partial charge in [-0.25, -0.2) is 0 Å². The molecule has 5 heteroatoms. The van der Waals surface area contributed by atoms with Crippen molar-refractivity contribution in [3.63, 3.8) is 0 Å². The number of hydrogen-bond acceptors (Lipinski definition) is 5. The summed E-state index contributed by atoms with van der Waals surface area (Å²) in [5, 5.41) is 3.95. The number of hydrogen-bond donors (Lipinski definition) is 1. The van der Waals surface area contributed by atoms with Gasteiger partial charge in [0.25, 0.3) is 0 Å². The van der Waals surface area contributed by atoms with Crippen molar-refractivity contribution in [2.24, 2.45) is 0 Å². The van der Waals surface area contributed by atoms with Gasteiger partial charge in [0.1, 0.15) is 11.4 Å². The van der Waals surface area contributed by atoms with Crippen LogP contribution in [0.15, 0.2) is 22.7 Å². The summed E-state index contributed by atoms with van der Waals surface area (Å²) in [6.07, 6.45) is 0.982. The Labute approximate surface area is 105 Å².